The molecule has 0 radical (unpaired) electrons. The molecule has 198 valence electrons. The Balaban J connectivity index is -0.000000411. The molecule has 0 aliphatic carbocycles. The summed E-state index contributed by atoms with van der Waals surface area (Å²) >= 11 is 0. The monoisotopic (exact) mass is 474 g/mol. The molecule has 0 rings (SSSR count). The first-order chi connectivity index (χ1) is 15.8. The predicted octanol–water partition coefficient (Wildman–Crippen LogP) is 8.46. The molecule has 33 heavy (non-hydrogen) atoms. The van der Waals surface area contributed by atoms with E-state index in [4.69, 9.17) is 15.3 Å². The van der Waals surface area contributed by atoms with E-state index in [9.17, 15) is 14.4 Å². The number of hydrogen-bond donors (Lipinski definition) is 3. The molecule has 0 unspecified atom stereocenters. The highest BCUT2D eigenvalue weighted by molar-refractivity contribution is 5.67. The maximum Gasteiger partial charge on any atom is 0.303 e. The molecule has 6 heteroatoms. The van der Waals surface area contributed by atoms with Crippen molar-refractivity contribution in [3.05, 3.63) is 0 Å². The SMILES string of the molecule is CCCCCCCC(=O)O.CCCCCCCCC(=O)O.CCCCCCCCCC(=O)O. The van der Waals surface area contributed by atoms with Crippen LogP contribution in [0, 0.1) is 0 Å². The first-order valence-electron chi connectivity index (χ1n) is 13.5. The van der Waals surface area contributed by atoms with Gasteiger partial charge in [0.05, 0.1) is 0 Å². The van der Waals surface area contributed by atoms with E-state index in [1.54, 1.807) is 0 Å². The minimum absolute atomic E-state index is 0.337. The van der Waals surface area contributed by atoms with Crippen LogP contribution in [0.3, 0.4) is 0 Å². The average molecular weight is 475 g/mol. The third-order valence-electron chi connectivity index (χ3n) is 5.23. The third kappa shape index (κ3) is 48.9. The number of carbonyl (C=O) groups is 3. The van der Waals surface area contributed by atoms with E-state index >= 15 is 0 Å². The first kappa shape index (κ1) is 36.0. The normalized spacial score (nSPS) is 9.91. The van der Waals surface area contributed by atoms with E-state index in [1.165, 1.54) is 77.0 Å². The van der Waals surface area contributed by atoms with Crippen molar-refractivity contribution in [2.24, 2.45) is 0 Å². The highest BCUT2D eigenvalue weighted by Gasteiger charge is 1.97. The van der Waals surface area contributed by atoms with Gasteiger partial charge in [-0.3, -0.25) is 14.4 Å². The fourth-order valence-corrected chi connectivity index (χ4v) is 3.17. The highest BCUT2D eigenvalue weighted by Crippen LogP contribution is 2.08. The van der Waals surface area contributed by atoms with E-state index in [-0.39, 0.29) is 0 Å². The molecular formula is C27H54O6. The van der Waals surface area contributed by atoms with Crippen LogP contribution in [0.4, 0.5) is 0 Å². The molecule has 0 amide bonds. The lowest BCUT2D eigenvalue weighted by Gasteiger charge is -1.98. The van der Waals surface area contributed by atoms with E-state index < -0.39 is 17.9 Å². The second kappa shape index (κ2) is 32.6. The van der Waals surface area contributed by atoms with Gasteiger partial charge in [-0.05, 0) is 19.3 Å². The molecule has 0 fully saturated rings. The maximum atomic E-state index is 10.1. The van der Waals surface area contributed by atoms with Crippen molar-refractivity contribution in [3.8, 4) is 0 Å². The summed E-state index contributed by atoms with van der Waals surface area (Å²) in [7, 11) is 0. The standard InChI is InChI=1S/C10H20O2.C9H18O2.C8H16O2/c1-2-3-4-5-6-7-8-9-10(11)12;1-2-3-4-5-6-7-8-9(10)11;1-2-3-4-5-6-7-8(9)10/h2-9H2,1H3,(H,11,12);2-8H2,1H3,(H,10,11);2-7H2,1H3,(H,9,10). The van der Waals surface area contributed by atoms with Crippen LogP contribution in [-0.4, -0.2) is 33.2 Å². The van der Waals surface area contributed by atoms with Crippen LogP contribution in [0.25, 0.3) is 0 Å². The van der Waals surface area contributed by atoms with Crippen LogP contribution in [0.5, 0.6) is 0 Å². The van der Waals surface area contributed by atoms with Gasteiger partial charge in [0.25, 0.3) is 0 Å². The van der Waals surface area contributed by atoms with E-state index in [2.05, 4.69) is 20.8 Å². The van der Waals surface area contributed by atoms with Gasteiger partial charge in [-0.25, -0.2) is 0 Å². The van der Waals surface area contributed by atoms with E-state index in [0.29, 0.717) is 19.3 Å². The molecule has 0 bridgehead atoms. The summed E-state index contributed by atoms with van der Waals surface area (Å²) in [6.45, 7) is 6.53. The zero-order valence-electron chi connectivity index (χ0n) is 21.9. The van der Waals surface area contributed by atoms with Crippen molar-refractivity contribution in [2.45, 2.75) is 156 Å². The van der Waals surface area contributed by atoms with E-state index in [1.807, 2.05) is 0 Å². The van der Waals surface area contributed by atoms with Gasteiger partial charge in [-0.15, -0.1) is 0 Å². The Kier molecular flexibility index (Phi) is 35.5. The molecular weight excluding hydrogens is 420 g/mol. The zero-order chi connectivity index (χ0) is 25.6. The zero-order valence-corrected chi connectivity index (χ0v) is 21.9. The Labute approximate surface area is 203 Å². The van der Waals surface area contributed by atoms with Gasteiger partial charge in [-0.2, -0.15) is 0 Å². The quantitative estimate of drug-likeness (QED) is 0.144. The van der Waals surface area contributed by atoms with Gasteiger partial charge in [0.1, 0.15) is 0 Å². The Morgan fingerprint density at radius 1 is 0.364 bits per heavy atom. The molecule has 0 atom stereocenters. The lowest BCUT2D eigenvalue weighted by Crippen LogP contribution is -1.93. The fraction of sp³-hybridized carbons (Fsp3) is 0.889. The maximum absolute atomic E-state index is 10.1. The number of rotatable bonds is 21. The van der Waals surface area contributed by atoms with Crippen LogP contribution < -0.4 is 0 Å². The first-order valence-corrected chi connectivity index (χ1v) is 13.5. The Bertz CT molecular complexity index is 423. The molecule has 0 spiro atoms. The van der Waals surface area contributed by atoms with Crippen molar-refractivity contribution < 1.29 is 29.7 Å². The summed E-state index contributed by atoms with van der Waals surface area (Å²) in [6.07, 6.45) is 21.8. The lowest BCUT2D eigenvalue weighted by molar-refractivity contribution is -0.138. The van der Waals surface area contributed by atoms with Crippen LogP contribution in [-0.2, 0) is 14.4 Å². The smallest absolute Gasteiger partial charge is 0.303 e. The molecule has 0 saturated carbocycles. The van der Waals surface area contributed by atoms with Crippen molar-refractivity contribution in [3.63, 3.8) is 0 Å². The minimum Gasteiger partial charge on any atom is -0.481 e. The summed E-state index contributed by atoms with van der Waals surface area (Å²) in [6, 6.07) is 0. The lowest BCUT2D eigenvalue weighted by atomic mass is 10.1. The average Bonchev–Trinajstić information content (AvgIpc) is 2.76. The molecule has 0 saturated heterocycles. The largest absolute Gasteiger partial charge is 0.481 e. The van der Waals surface area contributed by atoms with Gasteiger partial charge >= 0.3 is 17.9 Å². The van der Waals surface area contributed by atoms with Gasteiger partial charge < -0.3 is 15.3 Å². The van der Waals surface area contributed by atoms with E-state index in [0.717, 1.165) is 38.5 Å². The van der Waals surface area contributed by atoms with Gasteiger partial charge in [0, 0.05) is 19.3 Å². The molecule has 0 aromatic carbocycles. The van der Waals surface area contributed by atoms with Crippen molar-refractivity contribution in [1.82, 2.24) is 0 Å². The summed E-state index contributed by atoms with van der Waals surface area (Å²) in [5, 5.41) is 24.9. The van der Waals surface area contributed by atoms with Crippen LogP contribution >= 0.6 is 0 Å². The van der Waals surface area contributed by atoms with Crippen molar-refractivity contribution >= 4 is 17.9 Å². The molecule has 0 aromatic rings. The fourth-order valence-electron chi connectivity index (χ4n) is 3.17. The van der Waals surface area contributed by atoms with Crippen molar-refractivity contribution in [2.75, 3.05) is 0 Å². The van der Waals surface area contributed by atoms with Crippen LogP contribution in [0.1, 0.15) is 156 Å². The van der Waals surface area contributed by atoms with Gasteiger partial charge in [0.15, 0.2) is 0 Å². The second-order valence-corrected chi connectivity index (χ2v) is 8.73. The number of carboxylic acid groups (broad SMARTS) is 3. The summed E-state index contributed by atoms with van der Waals surface area (Å²) in [5.74, 6) is -2.00. The Morgan fingerprint density at radius 2 is 0.545 bits per heavy atom. The molecule has 0 aromatic heterocycles. The molecule has 3 N–H and O–H groups in total. The summed E-state index contributed by atoms with van der Waals surface area (Å²) in [4.78, 5) is 30.3. The van der Waals surface area contributed by atoms with Gasteiger partial charge in [-0.1, -0.05) is 117 Å². The number of aliphatic carboxylic acids is 3. The number of hydrogen-bond acceptors (Lipinski definition) is 3. The minimum atomic E-state index is -0.670. The Hall–Kier alpha value is -1.59. The van der Waals surface area contributed by atoms with Gasteiger partial charge in [0.2, 0.25) is 0 Å². The number of unbranched alkanes of at least 4 members (excludes halogenated alkanes) is 15. The summed E-state index contributed by atoms with van der Waals surface area (Å²) < 4.78 is 0. The van der Waals surface area contributed by atoms with Crippen LogP contribution in [0.15, 0.2) is 0 Å². The third-order valence-corrected chi connectivity index (χ3v) is 5.23. The van der Waals surface area contributed by atoms with Crippen molar-refractivity contribution in [1.29, 1.82) is 0 Å². The Morgan fingerprint density at radius 3 is 0.727 bits per heavy atom. The second-order valence-electron chi connectivity index (χ2n) is 8.73. The predicted molar refractivity (Wildman–Crippen MR) is 137 cm³/mol. The highest BCUT2D eigenvalue weighted by atomic mass is 16.4. The molecule has 0 aliphatic heterocycles. The molecule has 0 heterocycles. The summed E-state index contributed by atoms with van der Waals surface area (Å²) in [5.41, 5.74) is 0. The van der Waals surface area contributed by atoms with Crippen LogP contribution in [0.2, 0.25) is 0 Å². The topological polar surface area (TPSA) is 112 Å². The molecule has 0 aliphatic rings. The molecule has 6 nitrogen and oxygen atoms in total. The number of carboxylic acids is 3.